The number of thiophene rings is 1. The SMILES string of the molecule is CC/C=C/c1ncc(/C=C(\Cc2cccs2)c2nnn[nH]2)n1Cc1ccccc1Cl. The Balaban J connectivity index is 1.77. The lowest BCUT2D eigenvalue weighted by Crippen LogP contribution is -2.05. The zero-order valence-electron chi connectivity index (χ0n) is 16.5. The Kier molecular flexibility index (Phi) is 6.51. The van der Waals surface area contributed by atoms with Crippen LogP contribution in [0.5, 0.6) is 0 Å². The molecule has 152 valence electrons. The molecule has 0 unspecified atom stereocenters. The number of allylic oxidation sites excluding steroid dienone is 2. The molecule has 4 rings (SSSR count). The molecule has 0 amide bonds. The van der Waals surface area contributed by atoms with Crippen molar-refractivity contribution in [2.75, 3.05) is 0 Å². The number of tetrazole rings is 1. The molecule has 3 aromatic heterocycles. The normalized spacial score (nSPS) is 12.1. The molecule has 0 saturated heterocycles. The lowest BCUT2D eigenvalue weighted by atomic mass is 10.1. The maximum absolute atomic E-state index is 6.43. The second-order valence-electron chi connectivity index (χ2n) is 6.71. The molecule has 6 nitrogen and oxygen atoms in total. The zero-order valence-corrected chi connectivity index (χ0v) is 18.1. The van der Waals surface area contributed by atoms with E-state index < -0.39 is 0 Å². The lowest BCUT2D eigenvalue weighted by molar-refractivity contribution is 0.779. The van der Waals surface area contributed by atoms with Gasteiger partial charge in [0.15, 0.2) is 5.82 Å². The predicted octanol–water partition coefficient (Wildman–Crippen LogP) is 5.37. The Morgan fingerprint density at radius 1 is 1.23 bits per heavy atom. The summed E-state index contributed by atoms with van der Waals surface area (Å²) in [5.74, 6) is 1.54. The highest BCUT2D eigenvalue weighted by atomic mass is 35.5. The standard InChI is InChI=1S/C22H21ClN6S/c1-2-3-10-21-24-14-18(29(21)15-16-7-4-5-9-20(16)23)12-17(22-25-27-28-26-22)13-19-8-6-11-30-19/h3-12,14H,2,13,15H2,1H3,(H,25,26,27,28)/b10-3+,17-12+. The highest BCUT2D eigenvalue weighted by Crippen LogP contribution is 2.25. The van der Waals surface area contributed by atoms with Crippen molar-refractivity contribution in [3.05, 3.63) is 86.9 Å². The van der Waals surface area contributed by atoms with Gasteiger partial charge in [0.05, 0.1) is 18.4 Å². The maximum atomic E-state index is 6.43. The van der Waals surface area contributed by atoms with E-state index in [0.29, 0.717) is 12.4 Å². The summed E-state index contributed by atoms with van der Waals surface area (Å²) in [5, 5.41) is 17.3. The first kappa shape index (κ1) is 20.3. The van der Waals surface area contributed by atoms with Gasteiger partial charge in [0.2, 0.25) is 0 Å². The molecule has 8 heteroatoms. The van der Waals surface area contributed by atoms with Gasteiger partial charge in [0.25, 0.3) is 0 Å². The monoisotopic (exact) mass is 436 g/mol. The van der Waals surface area contributed by atoms with E-state index >= 15 is 0 Å². The van der Waals surface area contributed by atoms with Gasteiger partial charge in [0.1, 0.15) is 5.82 Å². The van der Waals surface area contributed by atoms with Crippen molar-refractivity contribution in [1.29, 1.82) is 0 Å². The van der Waals surface area contributed by atoms with Crippen molar-refractivity contribution in [1.82, 2.24) is 30.2 Å². The summed E-state index contributed by atoms with van der Waals surface area (Å²) in [5.41, 5.74) is 3.00. The van der Waals surface area contributed by atoms with Crippen LogP contribution < -0.4 is 0 Å². The first-order valence-corrected chi connectivity index (χ1v) is 10.9. The van der Waals surface area contributed by atoms with Crippen LogP contribution in [0.2, 0.25) is 5.02 Å². The van der Waals surface area contributed by atoms with Gasteiger partial charge in [-0.1, -0.05) is 48.9 Å². The van der Waals surface area contributed by atoms with Gasteiger partial charge in [-0.05, 0) is 52.1 Å². The van der Waals surface area contributed by atoms with E-state index in [9.17, 15) is 0 Å². The van der Waals surface area contributed by atoms with Crippen LogP contribution in [0.3, 0.4) is 0 Å². The van der Waals surface area contributed by atoms with E-state index in [1.54, 1.807) is 11.3 Å². The zero-order chi connectivity index (χ0) is 20.8. The number of imidazole rings is 1. The fourth-order valence-electron chi connectivity index (χ4n) is 3.12. The Labute approximate surface area is 183 Å². The Morgan fingerprint density at radius 2 is 2.13 bits per heavy atom. The first-order valence-electron chi connectivity index (χ1n) is 9.67. The molecule has 0 aliphatic carbocycles. The molecule has 0 fully saturated rings. The van der Waals surface area contributed by atoms with E-state index in [2.05, 4.69) is 60.7 Å². The Morgan fingerprint density at radius 3 is 2.87 bits per heavy atom. The van der Waals surface area contributed by atoms with E-state index in [0.717, 1.165) is 40.5 Å². The van der Waals surface area contributed by atoms with E-state index in [-0.39, 0.29) is 0 Å². The fraction of sp³-hybridized carbons (Fsp3) is 0.182. The minimum Gasteiger partial charge on any atom is -0.320 e. The van der Waals surface area contributed by atoms with Crippen molar-refractivity contribution in [3.8, 4) is 0 Å². The summed E-state index contributed by atoms with van der Waals surface area (Å²) in [6, 6.07) is 12.0. The molecule has 30 heavy (non-hydrogen) atoms. The van der Waals surface area contributed by atoms with Gasteiger partial charge in [-0.15, -0.1) is 16.4 Å². The number of benzene rings is 1. The molecule has 1 aromatic carbocycles. The van der Waals surface area contributed by atoms with Gasteiger partial charge in [0, 0.05) is 21.9 Å². The second-order valence-corrected chi connectivity index (χ2v) is 8.14. The Bertz CT molecular complexity index is 1140. The summed E-state index contributed by atoms with van der Waals surface area (Å²) in [6.45, 7) is 2.73. The number of rotatable bonds is 8. The van der Waals surface area contributed by atoms with Crippen LogP contribution in [0.1, 0.15) is 41.1 Å². The third-order valence-corrected chi connectivity index (χ3v) is 5.87. The molecule has 0 saturated carbocycles. The minimum atomic E-state index is 0.621. The fourth-order valence-corrected chi connectivity index (χ4v) is 4.05. The number of nitrogens with one attached hydrogen (secondary N) is 1. The van der Waals surface area contributed by atoms with Gasteiger partial charge in [-0.2, -0.15) is 0 Å². The molecule has 0 radical (unpaired) electrons. The first-order chi connectivity index (χ1) is 14.7. The van der Waals surface area contributed by atoms with Crippen LogP contribution in [0, 0.1) is 0 Å². The topological polar surface area (TPSA) is 72.3 Å². The van der Waals surface area contributed by atoms with E-state index in [1.807, 2.05) is 42.6 Å². The summed E-state index contributed by atoms with van der Waals surface area (Å²) < 4.78 is 2.16. The Hall–Kier alpha value is -3.03. The van der Waals surface area contributed by atoms with Gasteiger partial charge in [-0.25, -0.2) is 10.1 Å². The van der Waals surface area contributed by atoms with Crippen molar-refractivity contribution in [3.63, 3.8) is 0 Å². The highest BCUT2D eigenvalue weighted by molar-refractivity contribution is 7.10. The van der Waals surface area contributed by atoms with Crippen LogP contribution in [0.15, 0.2) is 54.1 Å². The van der Waals surface area contributed by atoms with Crippen molar-refractivity contribution >= 4 is 40.7 Å². The number of halogens is 1. The van der Waals surface area contributed by atoms with Gasteiger partial charge in [-0.3, -0.25) is 0 Å². The average molecular weight is 437 g/mol. The smallest absolute Gasteiger partial charge is 0.175 e. The summed E-state index contributed by atoms with van der Waals surface area (Å²) in [7, 11) is 0. The largest absolute Gasteiger partial charge is 0.320 e. The van der Waals surface area contributed by atoms with Gasteiger partial charge >= 0.3 is 0 Å². The quantitative estimate of drug-likeness (QED) is 0.403. The number of hydrogen-bond acceptors (Lipinski definition) is 5. The molecule has 0 bridgehead atoms. The maximum Gasteiger partial charge on any atom is 0.175 e. The van der Waals surface area contributed by atoms with Crippen LogP contribution in [-0.4, -0.2) is 30.2 Å². The molecular formula is C22H21ClN6S. The van der Waals surface area contributed by atoms with Crippen molar-refractivity contribution < 1.29 is 0 Å². The van der Waals surface area contributed by atoms with Crippen LogP contribution in [0.4, 0.5) is 0 Å². The van der Waals surface area contributed by atoms with Crippen LogP contribution >= 0.6 is 22.9 Å². The highest BCUT2D eigenvalue weighted by Gasteiger charge is 2.13. The molecule has 0 atom stereocenters. The summed E-state index contributed by atoms with van der Waals surface area (Å²) in [6.07, 6.45) is 9.79. The van der Waals surface area contributed by atoms with E-state index in [4.69, 9.17) is 11.6 Å². The van der Waals surface area contributed by atoms with Gasteiger partial charge < -0.3 is 4.57 Å². The molecule has 3 heterocycles. The summed E-state index contributed by atoms with van der Waals surface area (Å²) in [4.78, 5) is 5.88. The summed E-state index contributed by atoms with van der Waals surface area (Å²) >= 11 is 8.14. The average Bonchev–Trinajstić information content (AvgIpc) is 3.51. The number of aromatic nitrogens is 6. The second kappa shape index (κ2) is 9.65. The number of hydrogen-bond donors (Lipinski definition) is 1. The van der Waals surface area contributed by atoms with Crippen molar-refractivity contribution in [2.24, 2.45) is 0 Å². The molecule has 0 spiro atoms. The van der Waals surface area contributed by atoms with Crippen molar-refractivity contribution in [2.45, 2.75) is 26.3 Å². The van der Waals surface area contributed by atoms with Crippen LogP contribution in [-0.2, 0) is 13.0 Å². The number of aromatic amines is 1. The third kappa shape index (κ3) is 4.75. The van der Waals surface area contributed by atoms with Crippen LogP contribution in [0.25, 0.3) is 17.7 Å². The molecular weight excluding hydrogens is 416 g/mol. The molecule has 0 aliphatic rings. The molecule has 0 aliphatic heterocycles. The van der Waals surface area contributed by atoms with E-state index in [1.165, 1.54) is 4.88 Å². The lowest BCUT2D eigenvalue weighted by Gasteiger charge is -2.11. The minimum absolute atomic E-state index is 0.621. The number of H-pyrrole nitrogens is 1. The third-order valence-electron chi connectivity index (χ3n) is 4.62. The molecule has 4 aromatic rings. The number of nitrogens with zero attached hydrogens (tertiary/aromatic N) is 5. The molecule has 1 N–H and O–H groups in total. The predicted molar refractivity (Wildman–Crippen MR) is 122 cm³/mol.